The molecular weight excluding hydrogens is 260 g/mol. The SMILES string of the molecule is CCCC[C@@](C)(O[Si](C)(C)C(C)(C)C)c1ccccc1. The molecule has 0 aromatic heterocycles. The van der Waals surface area contributed by atoms with Crippen LogP contribution < -0.4 is 0 Å². The van der Waals surface area contributed by atoms with Gasteiger partial charge in [0.25, 0.3) is 0 Å². The Morgan fingerprint density at radius 1 is 1.00 bits per heavy atom. The van der Waals surface area contributed by atoms with Crippen molar-refractivity contribution in [3.63, 3.8) is 0 Å². The van der Waals surface area contributed by atoms with E-state index in [1.165, 1.54) is 18.4 Å². The van der Waals surface area contributed by atoms with E-state index in [4.69, 9.17) is 4.43 Å². The quantitative estimate of drug-likeness (QED) is 0.574. The first-order valence-corrected chi connectivity index (χ1v) is 10.8. The van der Waals surface area contributed by atoms with E-state index in [-0.39, 0.29) is 10.6 Å². The van der Waals surface area contributed by atoms with Crippen molar-refractivity contribution in [2.24, 2.45) is 0 Å². The molecule has 1 aromatic carbocycles. The van der Waals surface area contributed by atoms with Crippen LogP contribution in [0.3, 0.4) is 0 Å². The molecule has 1 nitrogen and oxygen atoms in total. The van der Waals surface area contributed by atoms with E-state index in [0.29, 0.717) is 0 Å². The Hall–Kier alpha value is -0.603. The highest BCUT2D eigenvalue weighted by Crippen LogP contribution is 2.43. The van der Waals surface area contributed by atoms with E-state index in [1.54, 1.807) is 0 Å². The third-order valence-electron chi connectivity index (χ3n) is 4.68. The van der Waals surface area contributed by atoms with E-state index in [2.05, 4.69) is 78.0 Å². The second kappa shape index (κ2) is 6.44. The van der Waals surface area contributed by atoms with Crippen LogP contribution in [0.15, 0.2) is 30.3 Å². The Morgan fingerprint density at radius 3 is 2.00 bits per heavy atom. The normalized spacial score (nSPS) is 15.9. The van der Waals surface area contributed by atoms with Gasteiger partial charge in [0.1, 0.15) is 0 Å². The molecule has 114 valence electrons. The Morgan fingerprint density at radius 2 is 1.55 bits per heavy atom. The van der Waals surface area contributed by atoms with E-state index >= 15 is 0 Å². The van der Waals surface area contributed by atoms with Crippen LogP contribution in [0.5, 0.6) is 0 Å². The summed E-state index contributed by atoms with van der Waals surface area (Å²) in [6, 6.07) is 10.7. The van der Waals surface area contributed by atoms with E-state index in [1.807, 2.05) is 0 Å². The van der Waals surface area contributed by atoms with Gasteiger partial charge < -0.3 is 4.43 Å². The molecule has 0 amide bonds. The molecule has 1 atom stereocenters. The maximum atomic E-state index is 6.82. The average molecular weight is 293 g/mol. The van der Waals surface area contributed by atoms with Gasteiger partial charge in [-0.1, -0.05) is 70.9 Å². The van der Waals surface area contributed by atoms with Crippen molar-refractivity contribution < 1.29 is 4.43 Å². The monoisotopic (exact) mass is 292 g/mol. The zero-order valence-corrected chi connectivity index (χ0v) is 15.4. The van der Waals surface area contributed by atoms with Crippen LogP contribution in [0, 0.1) is 0 Å². The minimum atomic E-state index is -1.77. The van der Waals surface area contributed by atoms with Gasteiger partial charge in [-0.25, -0.2) is 0 Å². The molecule has 0 aliphatic rings. The Bertz CT molecular complexity index is 405. The second-order valence-electron chi connectivity index (χ2n) is 7.56. The number of unbranched alkanes of at least 4 members (excludes halogenated alkanes) is 1. The summed E-state index contributed by atoms with van der Waals surface area (Å²) in [4.78, 5) is 0. The molecule has 1 rings (SSSR count). The highest BCUT2D eigenvalue weighted by Gasteiger charge is 2.43. The summed E-state index contributed by atoms with van der Waals surface area (Å²) in [6.07, 6.45) is 3.52. The van der Waals surface area contributed by atoms with E-state index in [0.717, 1.165) is 6.42 Å². The minimum absolute atomic E-state index is 0.153. The zero-order chi connectivity index (χ0) is 15.4. The van der Waals surface area contributed by atoms with Crippen LogP contribution >= 0.6 is 0 Å². The molecule has 0 spiro atoms. The third kappa shape index (κ3) is 4.19. The van der Waals surface area contributed by atoms with Gasteiger partial charge in [0.2, 0.25) is 0 Å². The van der Waals surface area contributed by atoms with Crippen molar-refractivity contribution in [2.45, 2.75) is 77.6 Å². The Kier molecular flexibility index (Phi) is 5.62. The Labute approximate surface area is 126 Å². The van der Waals surface area contributed by atoms with E-state index in [9.17, 15) is 0 Å². The minimum Gasteiger partial charge on any atom is -0.408 e. The summed E-state index contributed by atoms with van der Waals surface area (Å²) in [7, 11) is -1.77. The molecule has 1 aromatic rings. The van der Waals surface area contributed by atoms with Crippen LogP contribution in [0.4, 0.5) is 0 Å². The first-order chi connectivity index (χ1) is 9.12. The predicted molar refractivity (Wildman–Crippen MR) is 91.6 cm³/mol. The average Bonchev–Trinajstić information content (AvgIpc) is 2.35. The lowest BCUT2D eigenvalue weighted by Gasteiger charge is -2.44. The summed E-state index contributed by atoms with van der Waals surface area (Å²) >= 11 is 0. The van der Waals surface area contributed by atoms with Gasteiger partial charge in [0.15, 0.2) is 8.32 Å². The summed E-state index contributed by atoms with van der Waals surface area (Å²) < 4.78 is 6.82. The number of rotatable bonds is 6. The standard InChI is InChI=1S/C18H32OSi/c1-8-9-15-18(5,16-13-11-10-12-14-16)19-20(6,7)17(2,3)4/h10-14H,8-9,15H2,1-7H3/t18-/m1/s1. The lowest BCUT2D eigenvalue weighted by Crippen LogP contribution is -2.47. The molecule has 0 fully saturated rings. The summed E-state index contributed by atoms with van der Waals surface area (Å²) in [5.41, 5.74) is 1.17. The molecule has 0 saturated heterocycles. The molecule has 0 aliphatic carbocycles. The fourth-order valence-corrected chi connectivity index (χ4v) is 3.93. The maximum absolute atomic E-state index is 6.82. The van der Waals surface area contributed by atoms with Crippen LogP contribution in [0.1, 0.15) is 59.4 Å². The maximum Gasteiger partial charge on any atom is 0.193 e. The van der Waals surface area contributed by atoms with Gasteiger partial charge in [-0.05, 0) is 37.0 Å². The van der Waals surface area contributed by atoms with Crippen LogP contribution in [-0.2, 0) is 10.0 Å². The van der Waals surface area contributed by atoms with Gasteiger partial charge in [-0.15, -0.1) is 0 Å². The van der Waals surface area contributed by atoms with Gasteiger partial charge in [0.05, 0.1) is 5.60 Å². The second-order valence-corrected chi connectivity index (χ2v) is 12.3. The summed E-state index contributed by atoms with van der Waals surface area (Å²) in [5.74, 6) is 0. The summed E-state index contributed by atoms with van der Waals surface area (Å²) in [6.45, 7) is 16.1. The smallest absolute Gasteiger partial charge is 0.193 e. The van der Waals surface area contributed by atoms with Gasteiger partial charge >= 0.3 is 0 Å². The van der Waals surface area contributed by atoms with Crippen molar-refractivity contribution >= 4 is 8.32 Å². The molecule has 2 heteroatoms. The van der Waals surface area contributed by atoms with Crippen molar-refractivity contribution in [3.05, 3.63) is 35.9 Å². The molecular formula is C18H32OSi. The lowest BCUT2D eigenvalue weighted by molar-refractivity contribution is 0.0578. The van der Waals surface area contributed by atoms with Gasteiger partial charge in [0, 0.05) is 0 Å². The highest BCUT2D eigenvalue weighted by atomic mass is 28.4. The number of benzene rings is 1. The molecule has 0 unspecified atom stereocenters. The van der Waals surface area contributed by atoms with Gasteiger partial charge in [-0.2, -0.15) is 0 Å². The highest BCUT2D eigenvalue weighted by molar-refractivity contribution is 6.74. The van der Waals surface area contributed by atoms with Crippen LogP contribution in [0.25, 0.3) is 0 Å². The first-order valence-electron chi connectivity index (χ1n) is 7.88. The zero-order valence-electron chi connectivity index (χ0n) is 14.4. The number of hydrogen-bond donors (Lipinski definition) is 0. The van der Waals surface area contributed by atoms with Gasteiger partial charge in [-0.3, -0.25) is 0 Å². The lowest BCUT2D eigenvalue weighted by atomic mass is 9.91. The van der Waals surface area contributed by atoms with Crippen molar-refractivity contribution in [1.82, 2.24) is 0 Å². The Balaban J connectivity index is 3.07. The van der Waals surface area contributed by atoms with Crippen LogP contribution in [-0.4, -0.2) is 8.32 Å². The van der Waals surface area contributed by atoms with Crippen LogP contribution in [0.2, 0.25) is 18.1 Å². The van der Waals surface area contributed by atoms with Crippen molar-refractivity contribution in [1.29, 1.82) is 0 Å². The van der Waals surface area contributed by atoms with Crippen molar-refractivity contribution in [3.8, 4) is 0 Å². The predicted octanol–water partition coefficient (Wildman–Crippen LogP) is 6.11. The molecule has 0 aliphatic heterocycles. The molecule has 0 N–H and O–H groups in total. The first kappa shape index (κ1) is 17.4. The fraction of sp³-hybridized carbons (Fsp3) is 0.667. The molecule has 0 radical (unpaired) electrons. The summed E-state index contributed by atoms with van der Waals surface area (Å²) in [5, 5.41) is 0.245. The molecule has 0 heterocycles. The topological polar surface area (TPSA) is 9.23 Å². The third-order valence-corrected chi connectivity index (χ3v) is 9.25. The molecule has 20 heavy (non-hydrogen) atoms. The number of hydrogen-bond acceptors (Lipinski definition) is 1. The van der Waals surface area contributed by atoms with E-state index < -0.39 is 8.32 Å². The fourth-order valence-electron chi connectivity index (χ4n) is 2.28. The largest absolute Gasteiger partial charge is 0.408 e. The molecule has 0 bridgehead atoms. The molecule has 0 saturated carbocycles. The van der Waals surface area contributed by atoms with Crippen molar-refractivity contribution in [2.75, 3.05) is 0 Å².